The average molecular weight is 167 g/mol. The second-order valence-corrected chi connectivity index (χ2v) is 4.19. The molecule has 1 fully saturated rings. The lowest BCUT2D eigenvalue weighted by atomic mass is 9.96. The zero-order chi connectivity index (χ0) is 9.03. The van der Waals surface area contributed by atoms with Gasteiger partial charge in [-0.1, -0.05) is 19.9 Å². The van der Waals surface area contributed by atoms with Crippen LogP contribution in [0.15, 0.2) is 12.7 Å². The lowest BCUT2D eigenvalue weighted by Crippen LogP contribution is -2.36. The van der Waals surface area contributed by atoms with Crippen LogP contribution in [0.5, 0.6) is 0 Å². The van der Waals surface area contributed by atoms with Crippen LogP contribution in [0.4, 0.5) is 0 Å². The monoisotopic (exact) mass is 167 g/mol. The van der Waals surface area contributed by atoms with Crippen molar-refractivity contribution < 1.29 is 0 Å². The van der Waals surface area contributed by atoms with Gasteiger partial charge >= 0.3 is 0 Å². The van der Waals surface area contributed by atoms with Gasteiger partial charge in [-0.25, -0.2) is 0 Å². The summed E-state index contributed by atoms with van der Waals surface area (Å²) in [7, 11) is 0. The highest BCUT2D eigenvalue weighted by Crippen LogP contribution is 2.49. The van der Waals surface area contributed by atoms with Crippen molar-refractivity contribution >= 4 is 0 Å². The first kappa shape index (κ1) is 9.79. The minimum Gasteiger partial charge on any atom is -0.313 e. The molecule has 0 spiro atoms. The molecule has 0 saturated heterocycles. The number of rotatable bonds is 6. The van der Waals surface area contributed by atoms with Gasteiger partial charge in [0.2, 0.25) is 0 Å². The summed E-state index contributed by atoms with van der Waals surface area (Å²) >= 11 is 0. The van der Waals surface area contributed by atoms with Crippen molar-refractivity contribution in [1.82, 2.24) is 5.32 Å². The standard InChI is InChI=1S/C11H21N/c1-4-6-10(12-9-5-2)11(3)7-8-11/h4,10,12H,1,5-9H2,2-3H3. The molecule has 0 aliphatic heterocycles. The highest BCUT2D eigenvalue weighted by Gasteiger charge is 2.43. The molecule has 1 aliphatic rings. The molecule has 0 radical (unpaired) electrons. The van der Waals surface area contributed by atoms with Gasteiger partial charge in [0.15, 0.2) is 0 Å². The van der Waals surface area contributed by atoms with E-state index in [4.69, 9.17) is 0 Å². The third kappa shape index (κ3) is 2.34. The van der Waals surface area contributed by atoms with Crippen LogP contribution in [0.25, 0.3) is 0 Å². The second-order valence-electron chi connectivity index (χ2n) is 4.19. The molecule has 1 rings (SSSR count). The summed E-state index contributed by atoms with van der Waals surface area (Å²) in [6, 6.07) is 0.676. The Morgan fingerprint density at radius 2 is 2.25 bits per heavy atom. The average Bonchev–Trinajstić information content (AvgIpc) is 2.78. The molecule has 1 nitrogen and oxygen atoms in total. The van der Waals surface area contributed by atoms with E-state index in [-0.39, 0.29) is 0 Å². The molecule has 0 heterocycles. The molecular formula is C11H21N. The Morgan fingerprint density at radius 1 is 1.58 bits per heavy atom. The highest BCUT2D eigenvalue weighted by molar-refractivity contribution is 5.00. The molecule has 1 atom stereocenters. The van der Waals surface area contributed by atoms with E-state index >= 15 is 0 Å². The first-order valence-corrected chi connectivity index (χ1v) is 5.07. The van der Waals surface area contributed by atoms with E-state index in [2.05, 4.69) is 25.7 Å². The first-order valence-electron chi connectivity index (χ1n) is 5.07. The fraction of sp³-hybridized carbons (Fsp3) is 0.818. The van der Waals surface area contributed by atoms with Gasteiger partial charge in [0.25, 0.3) is 0 Å². The van der Waals surface area contributed by atoms with Gasteiger partial charge in [-0.3, -0.25) is 0 Å². The van der Waals surface area contributed by atoms with Crippen LogP contribution in [0.2, 0.25) is 0 Å². The van der Waals surface area contributed by atoms with Crippen LogP contribution in [-0.2, 0) is 0 Å². The lowest BCUT2D eigenvalue weighted by molar-refractivity contribution is 0.359. The van der Waals surface area contributed by atoms with Gasteiger partial charge in [-0.15, -0.1) is 6.58 Å². The molecule has 12 heavy (non-hydrogen) atoms. The van der Waals surface area contributed by atoms with Crippen molar-refractivity contribution in [2.75, 3.05) is 6.54 Å². The van der Waals surface area contributed by atoms with E-state index in [1.807, 2.05) is 6.08 Å². The van der Waals surface area contributed by atoms with Crippen LogP contribution in [0.3, 0.4) is 0 Å². The Hall–Kier alpha value is -0.300. The van der Waals surface area contributed by atoms with Gasteiger partial charge in [0, 0.05) is 6.04 Å². The van der Waals surface area contributed by atoms with Crippen LogP contribution in [0.1, 0.15) is 39.5 Å². The molecule has 0 bridgehead atoms. The van der Waals surface area contributed by atoms with Crippen LogP contribution in [0, 0.1) is 5.41 Å². The van der Waals surface area contributed by atoms with Crippen LogP contribution in [-0.4, -0.2) is 12.6 Å². The molecule has 1 saturated carbocycles. The molecule has 0 aromatic carbocycles. The van der Waals surface area contributed by atoms with Gasteiger partial charge in [-0.05, 0) is 37.6 Å². The molecular weight excluding hydrogens is 146 g/mol. The summed E-state index contributed by atoms with van der Waals surface area (Å²) in [5.74, 6) is 0. The summed E-state index contributed by atoms with van der Waals surface area (Å²) in [6.07, 6.45) is 7.17. The van der Waals surface area contributed by atoms with E-state index in [1.54, 1.807) is 0 Å². The van der Waals surface area contributed by atoms with E-state index in [0.29, 0.717) is 11.5 Å². The minimum absolute atomic E-state index is 0.587. The predicted octanol–water partition coefficient (Wildman–Crippen LogP) is 2.73. The molecule has 0 amide bonds. The minimum atomic E-state index is 0.587. The fourth-order valence-electron chi connectivity index (χ4n) is 1.65. The molecule has 1 aliphatic carbocycles. The van der Waals surface area contributed by atoms with Crippen LogP contribution >= 0.6 is 0 Å². The fourth-order valence-corrected chi connectivity index (χ4v) is 1.65. The van der Waals surface area contributed by atoms with E-state index in [1.165, 1.54) is 19.3 Å². The predicted molar refractivity (Wildman–Crippen MR) is 54.2 cm³/mol. The third-order valence-corrected chi connectivity index (χ3v) is 2.92. The topological polar surface area (TPSA) is 12.0 Å². The largest absolute Gasteiger partial charge is 0.313 e. The zero-order valence-electron chi connectivity index (χ0n) is 8.40. The summed E-state index contributed by atoms with van der Waals surface area (Å²) in [5, 5.41) is 3.60. The maximum Gasteiger partial charge on any atom is 0.0155 e. The van der Waals surface area contributed by atoms with Gasteiger partial charge in [0.05, 0.1) is 0 Å². The second kappa shape index (κ2) is 4.08. The zero-order valence-corrected chi connectivity index (χ0v) is 8.40. The summed E-state index contributed by atoms with van der Waals surface area (Å²) in [4.78, 5) is 0. The van der Waals surface area contributed by atoms with Crippen molar-refractivity contribution in [3.05, 3.63) is 12.7 Å². The Kier molecular flexibility index (Phi) is 3.33. The quantitative estimate of drug-likeness (QED) is 0.600. The van der Waals surface area contributed by atoms with E-state index in [9.17, 15) is 0 Å². The highest BCUT2D eigenvalue weighted by atomic mass is 14.9. The van der Waals surface area contributed by atoms with Crippen LogP contribution < -0.4 is 5.32 Å². The Morgan fingerprint density at radius 3 is 2.67 bits per heavy atom. The van der Waals surface area contributed by atoms with E-state index in [0.717, 1.165) is 13.0 Å². The normalized spacial score (nSPS) is 21.8. The number of hydrogen-bond donors (Lipinski definition) is 1. The maximum absolute atomic E-state index is 3.81. The van der Waals surface area contributed by atoms with Crippen molar-refractivity contribution in [1.29, 1.82) is 0 Å². The molecule has 1 heteroatoms. The van der Waals surface area contributed by atoms with Gasteiger partial charge < -0.3 is 5.32 Å². The Bertz CT molecular complexity index is 147. The van der Waals surface area contributed by atoms with E-state index < -0.39 is 0 Å². The summed E-state index contributed by atoms with van der Waals surface area (Å²) in [5.41, 5.74) is 0.587. The molecule has 1 unspecified atom stereocenters. The smallest absolute Gasteiger partial charge is 0.0155 e. The number of nitrogens with one attached hydrogen (secondary N) is 1. The van der Waals surface area contributed by atoms with Crippen molar-refractivity contribution in [2.24, 2.45) is 5.41 Å². The molecule has 1 N–H and O–H groups in total. The Balaban J connectivity index is 2.32. The first-order chi connectivity index (χ1) is 5.73. The third-order valence-electron chi connectivity index (χ3n) is 2.92. The number of hydrogen-bond acceptors (Lipinski definition) is 1. The lowest BCUT2D eigenvalue weighted by Gasteiger charge is -2.23. The summed E-state index contributed by atoms with van der Waals surface area (Å²) < 4.78 is 0. The summed E-state index contributed by atoms with van der Waals surface area (Å²) in [6.45, 7) is 9.55. The molecule has 0 aromatic heterocycles. The van der Waals surface area contributed by atoms with Crippen molar-refractivity contribution in [3.8, 4) is 0 Å². The van der Waals surface area contributed by atoms with Crippen molar-refractivity contribution in [2.45, 2.75) is 45.6 Å². The maximum atomic E-state index is 3.81. The molecule has 70 valence electrons. The van der Waals surface area contributed by atoms with Crippen molar-refractivity contribution in [3.63, 3.8) is 0 Å². The SMILES string of the molecule is C=CCC(NCCC)C1(C)CC1. The van der Waals surface area contributed by atoms with Gasteiger partial charge in [-0.2, -0.15) is 0 Å². The van der Waals surface area contributed by atoms with Gasteiger partial charge in [0.1, 0.15) is 0 Å². The Labute approximate surface area is 76.2 Å². The molecule has 0 aromatic rings.